The summed E-state index contributed by atoms with van der Waals surface area (Å²) in [5.74, 6) is 6.67. The molecule has 0 aliphatic carbocycles. The zero-order valence-corrected chi connectivity index (χ0v) is 12.1. The molecule has 0 saturated heterocycles. The third-order valence-corrected chi connectivity index (χ3v) is 3.54. The maximum absolute atomic E-state index is 10.8. The molecule has 17 heavy (non-hydrogen) atoms. The third kappa shape index (κ3) is 3.31. The van der Waals surface area contributed by atoms with Gasteiger partial charge >= 0.3 is 0 Å². The van der Waals surface area contributed by atoms with Gasteiger partial charge in [0.1, 0.15) is 0 Å². The Bertz CT molecular complexity index is 406. The number of nitrogens with zero attached hydrogens (tertiary/aromatic N) is 1. The molecule has 0 aromatic carbocycles. The van der Waals surface area contributed by atoms with E-state index < -0.39 is 5.60 Å². The van der Waals surface area contributed by atoms with E-state index in [1.54, 1.807) is 11.7 Å². The molecular weight excluding hydrogens is 230 g/mol. The average molecular weight is 251 g/mol. The van der Waals surface area contributed by atoms with Gasteiger partial charge in [-0.3, -0.25) is 4.98 Å². The number of aromatic nitrogens is 1. The molecule has 0 aliphatic rings. The molecule has 0 amide bonds. The molecule has 1 N–H and O–H groups in total. The van der Waals surface area contributed by atoms with Gasteiger partial charge in [-0.2, -0.15) is 0 Å². The number of thiazole rings is 1. The Morgan fingerprint density at radius 2 is 2.06 bits per heavy atom. The van der Waals surface area contributed by atoms with Crippen LogP contribution in [0.3, 0.4) is 0 Å². The molecule has 1 rings (SSSR count). The van der Waals surface area contributed by atoms with Crippen molar-refractivity contribution in [1.82, 2.24) is 4.98 Å². The van der Waals surface area contributed by atoms with Crippen molar-refractivity contribution >= 4 is 11.3 Å². The van der Waals surface area contributed by atoms with Crippen LogP contribution in [0.25, 0.3) is 0 Å². The Labute approximate surface area is 108 Å². The predicted octanol–water partition coefficient (Wildman–Crippen LogP) is 3.43. The summed E-state index contributed by atoms with van der Waals surface area (Å²) in [5.41, 5.74) is 0.294. The van der Waals surface area contributed by atoms with Gasteiger partial charge in [0, 0.05) is 18.0 Å². The zero-order chi connectivity index (χ0) is 13.1. The van der Waals surface area contributed by atoms with Crippen molar-refractivity contribution in [3.05, 3.63) is 16.6 Å². The molecule has 1 unspecified atom stereocenters. The fraction of sp³-hybridized carbons (Fsp3) is 0.643. The highest BCUT2D eigenvalue weighted by Gasteiger charge is 2.41. The van der Waals surface area contributed by atoms with E-state index in [0.717, 1.165) is 11.3 Å². The monoisotopic (exact) mass is 251 g/mol. The molecule has 94 valence electrons. The van der Waals surface area contributed by atoms with Crippen LogP contribution in [0.1, 0.15) is 45.9 Å². The van der Waals surface area contributed by atoms with Gasteiger partial charge in [0.2, 0.25) is 0 Å². The van der Waals surface area contributed by atoms with E-state index in [1.165, 1.54) is 11.3 Å². The third-order valence-electron chi connectivity index (χ3n) is 2.65. The molecule has 1 heterocycles. The molecule has 3 heteroatoms. The van der Waals surface area contributed by atoms with Crippen molar-refractivity contribution in [3.63, 3.8) is 0 Å². The van der Waals surface area contributed by atoms with Gasteiger partial charge in [0.15, 0.2) is 5.60 Å². The zero-order valence-electron chi connectivity index (χ0n) is 11.2. The molecule has 0 spiro atoms. The summed E-state index contributed by atoms with van der Waals surface area (Å²) >= 11 is 1.45. The summed E-state index contributed by atoms with van der Waals surface area (Å²) in [7, 11) is 0. The van der Waals surface area contributed by atoms with Crippen molar-refractivity contribution in [1.29, 1.82) is 0 Å². The second kappa shape index (κ2) is 5.20. The van der Waals surface area contributed by atoms with Crippen LogP contribution in [0.15, 0.2) is 11.7 Å². The average Bonchev–Trinajstić information content (AvgIpc) is 2.67. The van der Waals surface area contributed by atoms with Crippen molar-refractivity contribution in [2.24, 2.45) is 11.3 Å². The first-order valence-electron chi connectivity index (χ1n) is 5.89. The van der Waals surface area contributed by atoms with Crippen molar-refractivity contribution in [2.45, 2.75) is 46.6 Å². The van der Waals surface area contributed by atoms with Gasteiger partial charge in [-0.15, -0.1) is 11.3 Å². The van der Waals surface area contributed by atoms with Crippen LogP contribution in [0.2, 0.25) is 0 Å². The molecule has 1 atom stereocenters. The smallest absolute Gasteiger partial charge is 0.166 e. The summed E-state index contributed by atoms with van der Waals surface area (Å²) in [6.07, 6.45) is 2.51. The first-order chi connectivity index (χ1) is 7.77. The minimum absolute atomic E-state index is 0.330. The molecule has 0 bridgehead atoms. The van der Waals surface area contributed by atoms with E-state index in [-0.39, 0.29) is 5.41 Å². The van der Waals surface area contributed by atoms with Crippen molar-refractivity contribution in [3.8, 4) is 11.8 Å². The minimum Gasteiger partial charge on any atom is -0.372 e. The Morgan fingerprint density at radius 1 is 1.41 bits per heavy atom. The summed E-state index contributed by atoms with van der Waals surface area (Å²) in [4.78, 5) is 4.86. The lowest BCUT2D eigenvalue weighted by Crippen LogP contribution is -2.38. The van der Waals surface area contributed by atoms with Crippen LogP contribution in [-0.4, -0.2) is 10.1 Å². The lowest BCUT2D eigenvalue weighted by atomic mass is 9.76. The van der Waals surface area contributed by atoms with Crippen LogP contribution in [-0.2, 0) is 5.60 Å². The number of hydrogen-bond donors (Lipinski definition) is 1. The second-order valence-corrected chi connectivity index (χ2v) is 6.61. The highest BCUT2D eigenvalue weighted by Crippen LogP contribution is 2.40. The quantitative estimate of drug-likeness (QED) is 0.817. The highest BCUT2D eigenvalue weighted by molar-refractivity contribution is 7.09. The Morgan fingerprint density at radius 3 is 2.47 bits per heavy atom. The van der Waals surface area contributed by atoms with Crippen LogP contribution < -0.4 is 0 Å². The maximum Gasteiger partial charge on any atom is 0.166 e. The molecule has 0 saturated carbocycles. The minimum atomic E-state index is -1.11. The molecule has 1 aromatic heterocycles. The van der Waals surface area contributed by atoms with Crippen LogP contribution in [0.4, 0.5) is 0 Å². The molecular formula is C14H21NOS. The molecule has 1 aromatic rings. The van der Waals surface area contributed by atoms with E-state index in [9.17, 15) is 5.11 Å². The van der Waals surface area contributed by atoms with Crippen molar-refractivity contribution in [2.75, 3.05) is 0 Å². The summed E-state index contributed by atoms with van der Waals surface area (Å²) in [6, 6.07) is 0. The van der Waals surface area contributed by atoms with Gasteiger partial charge in [-0.25, -0.2) is 0 Å². The maximum atomic E-state index is 10.8. The Balaban J connectivity index is 3.07. The fourth-order valence-corrected chi connectivity index (χ4v) is 2.28. The molecule has 0 fully saturated rings. The molecule has 0 aliphatic heterocycles. The summed E-state index contributed by atoms with van der Waals surface area (Å²) in [5, 5.41) is 10.8. The summed E-state index contributed by atoms with van der Waals surface area (Å²) < 4.78 is 0. The van der Waals surface area contributed by atoms with E-state index in [1.807, 2.05) is 20.8 Å². The number of aliphatic hydroxyl groups is 1. The van der Waals surface area contributed by atoms with E-state index in [0.29, 0.717) is 5.92 Å². The van der Waals surface area contributed by atoms with Gasteiger partial charge in [0.25, 0.3) is 0 Å². The number of hydrogen-bond acceptors (Lipinski definition) is 3. The van der Waals surface area contributed by atoms with Gasteiger partial charge in [-0.1, -0.05) is 46.5 Å². The SMILES string of the molecule is CC(C)CC#CC(O)(c1cncs1)C(C)(C)C. The largest absolute Gasteiger partial charge is 0.372 e. The van der Waals surface area contributed by atoms with E-state index in [4.69, 9.17) is 0 Å². The Hall–Kier alpha value is -0.850. The van der Waals surface area contributed by atoms with Crippen LogP contribution in [0, 0.1) is 23.2 Å². The van der Waals surface area contributed by atoms with Gasteiger partial charge in [-0.05, 0) is 5.92 Å². The first-order valence-corrected chi connectivity index (χ1v) is 6.76. The second-order valence-electron chi connectivity index (χ2n) is 5.73. The molecule has 0 radical (unpaired) electrons. The van der Waals surface area contributed by atoms with Crippen LogP contribution in [0.5, 0.6) is 0 Å². The topological polar surface area (TPSA) is 33.1 Å². The number of rotatable bonds is 2. The van der Waals surface area contributed by atoms with Gasteiger partial charge in [0.05, 0.1) is 10.4 Å². The lowest BCUT2D eigenvalue weighted by Gasteiger charge is -2.34. The lowest BCUT2D eigenvalue weighted by molar-refractivity contribution is -0.00606. The van der Waals surface area contributed by atoms with Crippen LogP contribution >= 0.6 is 11.3 Å². The Kier molecular flexibility index (Phi) is 4.35. The standard InChI is InChI=1S/C14H21NOS/c1-11(2)7-6-8-14(16,13(3,4)5)12-9-15-10-17-12/h9-11,16H,7H2,1-5H3. The normalized spacial score (nSPS) is 15.2. The highest BCUT2D eigenvalue weighted by atomic mass is 32.1. The predicted molar refractivity (Wildman–Crippen MR) is 72.7 cm³/mol. The molecule has 2 nitrogen and oxygen atoms in total. The fourth-order valence-electron chi connectivity index (χ4n) is 1.40. The van der Waals surface area contributed by atoms with Gasteiger partial charge < -0.3 is 5.11 Å². The van der Waals surface area contributed by atoms with E-state index >= 15 is 0 Å². The van der Waals surface area contributed by atoms with E-state index in [2.05, 4.69) is 30.7 Å². The van der Waals surface area contributed by atoms with Crippen molar-refractivity contribution < 1.29 is 5.11 Å². The summed E-state index contributed by atoms with van der Waals surface area (Å²) in [6.45, 7) is 10.2. The first kappa shape index (κ1) is 14.2.